The van der Waals surface area contributed by atoms with Crippen LogP contribution in [0.4, 0.5) is 0 Å². The van der Waals surface area contributed by atoms with Crippen molar-refractivity contribution in [1.29, 1.82) is 0 Å². The number of hydrogen-bond donors (Lipinski definition) is 1. The van der Waals surface area contributed by atoms with Gasteiger partial charge in [0.2, 0.25) is 5.91 Å². The summed E-state index contributed by atoms with van der Waals surface area (Å²) in [5.41, 5.74) is 3.02. The van der Waals surface area contributed by atoms with Crippen LogP contribution in [-0.2, 0) is 24.4 Å². The lowest BCUT2D eigenvalue weighted by Crippen LogP contribution is -2.34. The van der Waals surface area contributed by atoms with E-state index in [0.29, 0.717) is 24.5 Å². The summed E-state index contributed by atoms with van der Waals surface area (Å²) in [5, 5.41) is 7.13. The van der Waals surface area contributed by atoms with Gasteiger partial charge in [0, 0.05) is 29.7 Å². The lowest BCUT2D eigenvalue weighted by molar-refractivity contribution is -0.121. The number of amides is 1. The van der Waals surface area contributed by atoms with Crippen LogP contribution in [0.5, 0.6) is 0 Å². The zero-order valence-corrected chi connectivity index (χ0v) is 14.8. The molecule has 26 heavy (non-hydrogen) atoms. The molecular formula is C19H21N5O2. The normalized spacial score (nSPS) is 10.7. The molecule has 2 aromatic heterocycles. The number of carbonyl (C=O) groups is 1. The first-order chi connectivity index (χ1) is 12.5. The second-order valence-corrected chi connectivity index (χ2v) is 6.22. The van der Waals surface area contributed by atoms with Crippen LogP contribution in [0.2, 0.25) is 0 Å². The molecule has 1 amide bonds. The quantitative estimate of drug-likeness (QED) is 0.728. The second kappa shape index (κ2) is 7.77. The molecule has 2 heterocycles. The number of nitrogens with zero attached hydrogens (tertiary/aromatic N) is 4. The maximum absolute atomic E-state index is 12.1. The molecule has 0 fully saturated rings. The molecular weight excluding hydrogens is 330 g/mol. The average molecular weight is 351 g/mol. The molecule has 0 atom stereocenters. The Morgan fingerprint density at radius 3 is 2.65 bits per heavy atom. The predicted molar refractivity (Wildman–Crippen MR) is 97.6 cm³/mol. The van der Waals surface area contributed by atoms with Crippen LogP contribution >= 0.6 is 0 Å². The minimum absolute atomic E-state index is 0.0455. The van der Waals surface area contributed by atoms with Crippen LogP contribution in [0.15, 0.2) is 53.6 Å². The number of aryl methyl sites for hydroxylation is 2. The Bertz CT molecular complexity index is 960. The molecule has 1 aromatic carbocycles. The fourth-order valence-corrected chi connectivity index (χ4v) is 2.72. The van der Waals surface area contributed by atoms with Gasteiger partial charge in [-0.25, -0.2) is 4.79 Å². The molecule has 0 bridgehead atoms. The van der Waals surface area contributed by atoms with Gasteiger partial charge in [-0.1, -0.05) is 30.3 Å². The van der Waals surface area contributed by atoms with Gasteiger partial charge in [-0.3, -0.25) is 14.0 Å². The third-order valence-electron chi connectivity index (χ3n) is 4.01. The third kappa shape index (κ3) is 4.44. The lowest BCUT2D eigenvalue weighted by Gasteiger charge is -2.09. The fraction of sp³-hybridized carbons (Fsp3) is 0.263. The van der Waals surface area contributed by atoms with Gasteiger partial charge < -0.3 is 5.32 Å². The van der Waals surface area contributed by atoms with Crippen LogP contribution in [0, 0.1) is 13.8 Å². The minimum atomic E-state index is -0.409. The van der Waals surface area contributed by atoms with Crippen molar-refractivity contribution in [2.24, 2.45) is 0 Å². The molecule has 7 nitrogen and oxygen atoms in total. The zero-order valence-electron chi connectivity index (χ0n) is 14.8. The highest BCUT2D eigenvalue weighted by Crippen LogP contribution is 2.04. The average Bonchev–Trinajstić information content (AvgIpc) is 3.04. The molecule has 0 spiro atoms. The van der Waals surface area contributed by atoms with Crippen molar-refractivity contribution in [1.82, 2.24) is 24.6 Å². The van der Waals surface area contributed by atoms with E-state index in [9.17, 15) is 9.59 Å². The molecule has 7 heteroatoms. The van der Waals surface area contributed by atoms with Crippen molar-refractivity contribution in [2.75, 3.05) is 0 Å². The minimum Gasteiger partial charge on any atom is -0.350 e. The van der Waals surface area contributed by atoms with E-state index in [1.165, 1.54) is 4.57 Å². The summed E-state index contributed by atoms with van der Waals surface area (Å²) in [6, 6.07) is 11.8. The molecule has 0 aliphatic rings. The van der Waals surface area contributed by atoms with Crippen molar-refractivity contribution in [2.45, 2.75) is 33.5 Å². The molecule has 3 rings (SSSR count). The number of benzene rings is 1. The first-order valence-electron chi connectivity index (χ1n) is 8.38. The summed E-state index contributed by atoms with van der Waals surface area (Å²) in [6.45, 7) is 4.54. The molecule has 0 saturated carbocycles. The molecule has 0 aliphatic heterocycles. The maximum Gasteiger partial charge on any atom is 0.348 e. The Hall–Kier alpha value is -3.22. The topological polar surface area (TPSA) is 81.8 Å². The van der Waals surface area contributed by atoms with Gasteiger partial charge in [0.15, 0.2) is 0 Å². The third-order valence-corrected chi connectivity index (χ3v) is 4.01. The summed E-state index contributed by atoms with van der Waals surface area (Å²) >= 11 is 0. The first kappa shape index (κ1) is 17.6. The number of nitrogens with one attached hydrogen (secondary N) is 1. The Morgan fingerprint density at radius 1 is 1.15 bits per heavy atom. The predicted octanol–water partition coefficient (Wildman–Crippen LogP) is 1.42. The molecule has 0 unspecified atom stereocenters. The van der Waals surface area contributed by atoms with Gasteiger partial charge in [0.05, 0.1) is 12.7 Å². The Kier molecular flexibility index (Phi) is 5.26. The van der Waals surface area contributed by atoms with E-state index in [0.717, 1.165) is 11.1 Å². The smallest absolute Gasteiger partial charge is 0.348 e. The van der Waals surface area contributed by atoms with E-state index in [2.05, 4.69) is 15.4 Å². The second-order valence-electron chi connectivity index (χ2n) is 6.22. The number of rotatable bonds is 6. The van der Waals surface area contributed by atoms with Crippen LogP contribution in [-0.4, -0.2) is 25.2 Å². The molecule has 0 radical (unpaired) electrons. The van der Waals surface area contributed by atoms with E-state index in [4.69, 9.17) is 0 Å². The van der Waals surface area contributed by atoms with E-state index < -0.39 is 5.69 Å². The van der Waals surface area contributed by atoms with Crippen molar-refractivity contribution in [3.63, 3.8) is 0 Å². The van der Waals surface area contributed by atoms with Gasteiger partial charge >= 0.3 is 5.69 Å². The van der Waals surface area contributed by atoms with Crippen LogP contribution in [0.25, 0.3) is 0 Å². The van der Waals surface area contributed by atoms with Crippen LogP contribution < -0.4 is 11.0 Å². The van der Waals surface area contributed by atoms with Crippen LogP contribution in [0.1, 0.15) is 22.5 Å². The lowest BCUT2D eigenvalue weighted by atomic mass is 10.2. The summed E-state index contributed by atoms with van der Waals surface area (Å²) in [6.07, 6.45) is 3.63. The van der Waals surface area contributed by atoms with Gasteiger partial charge in [0.1, 0.15) is 6.54 Å². The van der Waals surface area contributed by atoms with Gasteiger partial charge in [0.25, 0.3) is 0 Å². The van der Waals surface area contributed by atoms with Gasteiger partial charge in [-0.15, -0.1) is 0 Å². The number of hydrogen-bond acceptors (Lipinski definition) is 4. The standard InChI is InChI=1S/C19H21N5O2/c1-14-8-15(2)24(19(26)22-14)13-18(25)20-9-17-10-21-23(12-17)11-16-6-4-3-5-7-16/h3-8,10,12H,9,11,13H2,1-2H3,(H,20,25). The molecule has 1 N–H and O–H groups in total. The molecule has 134 valence electrons. The molecule has 0 aliphatic carbocycles. The van der Waals surface area contributed by atoms with Crippen molar-refractivity contribution < 1.29 is 4.79 Å². The maximum atomic E-state index is 12.1. The summed E-state index contributed by atoms with van der Waals surface area (Å²) in [4.78, 5) is 27.9. The van der Waals surface area contributed by atoms with Crippen molar-refractivity contribution in [3.05, 3.63) is 81.8 Å². The Labute approximate surface area is 151 Å². The first-order valence-corrected chi connectivity index (χ1v) is 8.38. The highest BCUT2D eigenvalue weighted by molar-refractivity contribution is 5.75. The monoisotopic (exact) mass is 351 g/mol. The van der Waals surface area contributed by atoms with E-state index in [-0.39, 0.29) is 12.5 Å². The van der Waals surface area contributed by atoms with Gasteiger partial charge in [-0.2, -0.15) is 10.1 Å². The van der Waals surface area contributed by atoms with Gasteiger partial charge in [-0.05, 0) is 25.5 Å². The molecule has 3 aromatic rings. The van der Waals surface area contributed by atoms with E-state index >= 15 is 0 Å². The van der Waals surface area contributed by atoms with Crippen molar-refractivity contribution >= 4 is 5.91 Å². The fourth-order valence-electron chi connectivity index (χ4n) is 2.72. The van der Waals surface area contributed by atoms with Crippen molar-refractivity contribution in [3.8, 4) is 0 Å². The molecule has 0 saturated heterocycles. The van der Waals surface area contributed by atoms with E-state index in [1.807, 2.05) is 41.2 Å². The highest BCUT2D eigenvalue weighted by Gasteiger charge is 2.09. The highest BCUT2D eigenvalue weighted by atomic mass is 16.2. The zero-order chi connectivity index (χ0) is 18.5. The van der Waals surface area contributed by atoms with Crippen LogP contribution in [0.3, 0.4) is 0 Å². The largest absolute Gasteiger partial charge is 0.350 e. The number of aromatic nitrogens is 4. The summed E-state index contributed by atoms with van der Waals surface area (Å²) < 4.78 is 3.19. The SMILES string of the molecule is Cc1cc(C)n(CC(=O)NCc2cnn(Cc3ccccc3)c2)c(=O)n1. The Morgan fingerprint density at radius 2 is 1.92 bits per heavy atom. The Balaban J connectivity index is 1.56. The summed E-state index contributed by atoms with van der Waals surface area (Å²) in [7, 11) is 0. The number of carbonyl (C=O) groups excluding carboxylic acids is 1. The van der Waals surface area contributed by atoms with E-state index in [1.54, 1.807) is 26.1 Å². The summed E-state index contributed by atoms with van der Waals surface area (Å²) in [5.74, 6) is -0.239.